The maximum atomic E-state index is 12.7. The van der Waals surface area contributed by atoms with Gasteiger partial charge in [-0.05, 0) is 37.2 Å². The van der Waals surface area contributed by atoms with Gasteiger partial charge in [0, 0.05) is 33.0 Å². The molecule has 27 heavy (non-hydrogen) atoms. The van der Waals surface area contributed by atoms with Crippen LogP contribution in [0.15, 0.2) is 35.3 Å². The van der Waals surface area contributed by atoms with Gasteiger partial charge in [0.1, 0.15) is 6.04 Å². The number of likely N-dealkylation sites (N-methyl/N-ethyl adjacent to an activating group) is 1. The zero-order chi connectivity index (χ0) is 19.8. The van der Waals surface area contributed by atoms with Crippen LogP contribution < -0.4 is 16.8 Å². The SMILES string of the molecule is CN(C)C(=O)[C@H](Cc1ccccc1)NC(=O)C1CCC(CN=C(N)N)CC1. The first-order valence-electron chi connectivity index (χ1n) is 9.47. The molecule has 7 nitrogen and oxygen atoms in total. The van der Waals surface area contributed by atoms with E-state index in [0.29, 0.717) is 18.9 Å². The third-order valence-corrected chi connectivity index (χ3v) is 5.09. The van der Waals surface area contributed by atoms with E-state index in [1.165, 1.54) is 4.90 Å². The van der Waals surface area contributed by atoms with E-state index in [2.05, 4.69) is 10.3 Å². The quantitative estimate of drug-likeness (QED) is 0.486. The monoisotopic (exact) mass is 373 g/mol. The Morgan fingerprint density at radius 3 is 2.33 bits per heavy atom. The van der Waals surface area contributed by atoms with Gasteiger partial charge in [0.25, 0.3) is 0 Å². The molecule has 5 N–H and O–H groups in total. The number of hydrogen-bond acceptors (Lipinski definition) is 3. The number of nitrogens with zero attached hydrogens (tertiary/aromatic N) is 2. The molecule has 1 saturated carbocycles. The van der Waals surface area contributed by atoms with E-state index in [1.807, 2.05) is 30.3 Å². The lowest BCUT2D eigenvalue weighted by Crippen LogP contribution is -2.49. The van der Waals surface area contributed by atoms with E-state index in [1.54, 1.807) is 14.1 Å². The molecule has 1 aromatic rings. The van der Waals surface area contributed by atoms with Gasteiger partial charge in [-0.2, -0.15) is 0 Å². The van der Waals surface area contributed by atoms with Gasteiger partial charge in [-0.3, -0.25) is 14.6 Å². The summed E-state index contributed by atoms with van der Waals surface area (Å²) >= 11 is 0. The van der Waals surface area contributed by atoms with Gasteiger partial charge in [-0.1, -0.05) is 30.3 Å². The first-order valence-corrected chi connectivity index (χ1v) is 9.47. The number of aliphatic imine (C=N–C) groups is 1. The predicted molar refractivity (Wildman–Crippen MR) is 107 cm³/mol. The van der Waals surface area contributed by atoms with Crippen LogP contribution in [-0.4, -0.2) is 49.4 Å². The molecule has 0 radical (unpaired) electrons. The van der Waals surface area contributed by atoms with E-state index < -0.39 is 6.04 Å². The molecule has 7 heteroatoms. The van der Waals surface area contributed by atoms with Crippen molar-refractivity contribution in [1.82, 2.24) is 10.2 Å². The van der Waals surface area contributed by atoms with Crippen LogP contribution in [0.3, 0.4) is 0 Å². The second-order valence-corrected chi connectivity index (χ2v) is 7.47. The summed E-state index contributed by atoms with van der Waals surface area (Å²) in [6.07, 6.45) is 3.92. The van der Waals surface area contributed by atoms with Gasteiger partial charge in [0.05, 0.1) is 0 Å². The van der Waals surface area contributed by atoms with Gasteiger partial charge < -0.3 is 21.7 Å². The van der Waals surface area contributed by atoms with E-state index in [-0.39, 0.29) is 23.7 Å². The average molecular weight is 374 g/mol. The van der Waals surface area contributed by atoms with Gasteiger partial charge >= 0.3 is 0 Å². The molecule has 1 fully saturated rings. The van der Waals surface area contributed by atoms with Crippen LogP contribution in [0.4, 0.5) is 0 Å². The van der Waals surface area contributed by atoms with Gasteiger partial charge in [-0.25, -0.2) is 0 Å². The first kappa shape index (κ1) is 20.7. The highest BCUT2D eigenvalue weighted by atomic mass is 16.2. The average Bonchev–Trinajstić information content (AvgIpc) is 2.66. The maximum Gasteiger partial charge on any atom is 0.244 e. The summed E-state index contributed by atoms with van der Waals surface area (Å²) in [6.45, 7) is 0.617. The molecule has 0 saturated heterocycles. The molecule has 1 aliphatic rings. The highest BCUT2D eigenvalue weighted by Crippen LogP contribution is 2.29. The zero-order valence-electron chi connectivity index (χ0n) is 16.2. The zero-order valence-corrected chi connectivity index (χ0v) is 16.2. The van der Waals surface area contributed by atoms with Crippen LogP contribution in [0.1, 0.15) is 31.2 Å². The minimum Gasteiger partial charge on any atom is -0.370 e. The van der Waals surface area contributed by atoms with Crippen molar-refractivity contribution in [3.63, 3.8) is 0 Å². The molecular formula is C20H31N5O2. The number of benzene rings is 1. The third kappa shape index (κ3) is 6.58. The summed E-state index contributed by atoms with van der Waals surface area (Å²) in [5.41, 5.74) is 11.8. The van der Waals surface area contributed by atoms with Crippen molar-refractivity contribution in [3.05, 3.63) is 35.9 Å². The molecular weight excluding hydrogens is 342 g/mol. The molecule has 2 amide bonds. The maximum absolute atomic E-state index is 12.7. The van der Waals surface area contributed by atoms with Crippen LogP contribution in [0.25, 0.3) is 0 Å². The van der Waals surface area contributed by atoms with Gasteiger partial charge in [-0.15, -0.1) is 0 Å². The lowest BCUT2D eigenvalue weighted by molar-refractivity contribution is -0.136. The first-order chi connectivity index (χ1) is 12.9. The molecule has 2 rings (SSSR count). The molecule has 148 valence electrons. The van der Waals surface area contributed by atoms with Gasteiger partial charge in [0.2, 0.25) is 11.8 Å². The topological polar surface area (TPSA) is 114 Å². The van der Waals surface area contributed by atoms with Crippen LogP contribution in [0.2, 0.25) is 0 Å². The lowest BCUT2D eigenvalue weighted by atomic mass is 9.81. The standard InChI is InChI=1S/C20H31N5O2/c1-25(2)19(27)17(12-14-6-4-3-5-7-14)24-18(26)16-10-8-15(9-11-16)13-23-20(21)22/h3-7,15-17H,8-13H2,1-2H3,(H,24,26)(H4,21,22,23)/t15?,16?,17-/m0/s1. The Labute approximate surface area is 161 Å². The largest absolute Gasteiger partial charge is 0.370 e. The Hall–Kier alpha value is -2.57. The molecule has 0 aromatic heterocycles. The van der Waals surface area contributed by atoms with Crippen molar-refractivity contribution in [2.75, 3.05) is 20.6 Å². The van der Waals surface area contributed by atoms with Crippen molar-refractivity contribution < 1.29 is 9.59 Å². The molecule has 0 bridgehead atoms. The van der Waals surface area contributed by atoms with Gasteiger partial charge in [0.15, 0.2) is 5.96 Å². The summed E-state index contributed by atoms with van der Waals surface area (Å²) in [5.74, 6) is 0.342. The third-order valence-electron chi connectivity index (χ3n) is 5.09. The Bertz CT molecular complexity index is 648. The van der Waals surface area contributed by atoms with E-state index in [4.69, 9.17) is 11.5 Å². The number of nitrogens with two attached hydrogens (primary N) is 2. The van der Waals surface area contributed by atoms with Crippen molar-refractivity contribution in [2.45, 2.75) is 38.1 Å². The molecule has 0 spiro atoms. The Kier molecular flexibility index (Phi) is 7.64. The number of guanidine groups is 1. The van der Waals surface area contributed by atoms with Crippen LogP contribution >= 0.6 is 0 Å². The van der Waals surface area contributed by atoms with E-state index >= 15 is 0 Å². The fourth-order valence-corrected chi connectivity index (χ4v) is 3.49. The summed E-state index contributed by atoms with van der Waals surface area (Å²) in [4.78, 5) is 30.9. The van der Waals surface area contributed by atoms with Crippen LogP contribution in [-0.2, 0) is 16.0 Å². The molecule has 0 heterocycles. The fourth-order valence-electron chi connectivity index (χ4n) is 3.49. The Morgan fingerprint density at radius 1 is 1.15 bits per heavy atom. The smallest absolute Gasteiger partial charge is 0.244 e. The predicted octanol–water partition coefficient (Wildman–Crippen LogP) is 0.882. The second-order valence-electron chi connectivity index (χ2n) is 7.47. The fraction of sp³-hybridized carbons (Fsp3) is 0.550. The molecule has 0 aliphatic heterocycles. The number of rotatable bonds is 7. The highest BCUT2D eigenvalue weighted by molar-refractivity contribution is 5.88. The van der Waals surface area contributed by atoms with E-state index in [0.717, 1.165) is 31.2 Å². The number of carbonyl (C=O) groups excluding carboxylic acids is 2. The van der Waals surface area contributed by atoms with Crippen molar-refractivity contribution in [2.24, 2.45) is 28.3 Å². The summed E-state index contributed by atoms with van der Waals surface area (Å²) < 4.78 is 0. The second kappa shape index (κ2) is 9.94. The normalized spacial score (nSPS) is 20.4. The van der Waals surface area contributed by atoms with Crippen LogP contribution in [0.5, 0.6) is 0 Å². The minimum atomic E-state index is -0.547. The number of carbonyl (C=O) groups is 2. The van der Waals surface area contributed by atoms with E-state index in [9.17, 15) is 9.59 Å². The Morgan fingerprint density at radius 2 is 1.78 bits per heavy atom. The summed E-state index contributed by atoms with van der Waals surface area (Å²) in [7, 11) is 3.42. The summed E-state index contributed by atoms with van der Waals surface area (Å²) in [5, 5.41) is 2.98. The number of amides is 2. The van der Waals surface area contributed by atoms with Crippen molar-refractivity contribution >= 4 is 17.8 Å². The lowest BCUT2D eigenvalue weighted by Gasteiger charge is -2.29. The number of nitrogens with one attached hydrogen (secondary N) is 1. The molecule has 1 atom stereocenters. The van der Waals surface area contributed by atoms with Crippen molar-refractivity contribution in [1.29, 1.82) is 0 Å². The van der Waals surface area contributed by atoms with Crippen molar-refractivity contribution in [3.8, 4) is 0 Å². The molecule has 1 aromatic carbocycles. The Balaban J connectivity index is 1.93. The number of hydrogen-bond donors (Lipinski definition) is 3. The molecule has 0 unspecified atom stereocenters. The summed E-state index contributed by atoms with van der Waals surface area (Å²) in [6, 6.07) is 9.20. The molecule has 1 aliphatic carbocycles. The highest BCUT2D eigenvalue weighted by Gasteiger charge is 2.30. The minimum absolute atomic E-state index is 0.0357. The van der Waals surface area contributed by atoms with Crippen LogP contribution in [0, 0.1) is 11.8 Å².